The van der Waals surface area contributed by atoms with Gasteiger partial charge < -0.3 is 14.4 Å². The summed E-state index contributed by atoms with van der Waals surface area (Å²) in [6, 6.07) is 3.58. The van der Waals surface area contributed by atoms with Gasteiger partial charge in [0.25, 0.3) is 0 Å². The number of amidine groups is 2. The van der Waals surface area contributed by atoms with Crippen LogP contribution in [0.5, 0.6) is 5.75 Å². The zero-order chi connectivity index (χ0) is 24.2. The molecule has 0 amide bonds. The number of rotatable bonds is 2. The second-order valence-corrected chi connectivity index (χ2v) is 11.8. The highest BCUT2D eigenvalue weighted by molar-refractivity contribution is 7.35. The van der Waals surface area contributed by atoms with Crippen LogP contribution >= 0.6 is 45.3 Å². The molecule has 13 heteroatoms. The average Bonchev–Trinajstić information content (AvgIpc) is 3.61. The van der Waals surface area contributed by atoms with Crippen LogP contribution in [0.4, 0.5) is 10.3 Å². The standard InChI is InChI=1S/C22H10N8OS4/c1-25-10(8-23)27-20-29-18-15(34-20)12-14(32-18)16-13(31-22(12)6-4-3-5-7-22)17-19(33-16)30-21(35-17)28-11(9-24)26-2/h3-7H2/b27-10+,28-11-. The number of fused-ring (bicyclic) bond motifs is 8. The number of aromatic nitrogens is 2. The number of hydrogen-bond acceptors (Lipinski definition) is 11. The minimum Gasteiger partial charge on any atom is -0.479 e. The molecule has 1 aliphatic carbocycles. The van der Waals surface area contributed by atoms with Gasteiger partial charge in [0.1, 0.15) is 32.1 Å². The van der Waals surface area contributed by atoms with Crippen LogP contribution in [0, 0.1) is 35.8 Å². The van der Waals surface area contributed by atoms with Gasteiger partial charge in [0.2, 0.25) is 0 Å². The van der Waals surface area contributed by atoms with E-state index < -0.39 is 5.60 Å². The summed E-state index contributed by atoms with van der Waals surface area (Å²) < 4.78 is 8.75. The van der Waals surface area contributed by atoms with Gasteiger partial charge in [0.05, 0.1) is 14.5 Å². The molecule has 0 radical (unpaired) electrons. The molecule has 0 atom stereocenters. The molecule has 0 bridgehead atoms. The SMILES string of the molecule is [C-]#[N+]/C(C#N)=N\c1nc2sc3c(c2s1)OC1(CCCCC1)c1c-3sc2nc(/N=C(\C#N)[N+]#[C-])sc12. The molecule has 5 heterocycles. The van der Waals surface area contributed by atoms with E-state index in [1.165, 1.54) is 34.0 Å². The van der Waals surface area contributed by atoms with Crippen LogP contribution in [0.15, 0.2) is 9.98 Å². The molecule has 6 rings (SSSR count). The predicted molar refractivity (Wildman–Crippen MR) is 138 cm³/mol. The smallest absolute Gasteiger partial charge is 0.352 e. The first-order valence-electron chi connectivity index (χ1n) is 10.4. The van der Waals surface area contributed by atoms with Gasteiger partial charge >= 0.3 is 21.9 Å². The molecule has 35 heavy (non-hydrogen) atoms. The van der Waals surface area contributed by atoms with Crippen molar-refractivity contribution < 1.29 is 4.74 Å². The number of hydrogen-bond donors (Lipinski definition) is 0. The largest absolute Gasteiger partial charge is 0.479 e. The van der Waals surface area contributed by atoms with Crippen molar-refractivity contribution in [3.05, 3.63) is 28.4 Å². The third-order valence-corrected chi connectivity index (χ3v) is 10.4. The second-order valence-electron chi connectivity index (χ2n) is 7.80. The molecule has 168 valence electrons. The molecule has 0 saturated heterocycles. The molecule has 0 aromatic carbocycles. The van der Waals surface area contributed by atoms with Gasteiger partial charge in [-0.25, -0.2) is 10.5 Å². The monoisotopic (exact) mass is 530 g/mol. The Morgan fingerprint density at radius 2 is 1.43 bits per heavy atom. The van der Waals surface area contributed by atoms with E-state index in [4.69, 9.17) is 28.4 Å². The summed E-state index contributed by atoms with van der Waals surface area (Å²) in [5.74, 6) is 0.326. The van der Waals surface area contributed by atoms with Crippen molar-refractivity contribution in [3.8, 4) is 27.6 Å². The van der Waals surface area contributed by atoms with E-state index in [1.807, 2.05) is 0 Å². The first-order valence-corrected chi connectivity index (χ1v) is 13.6. The molecule has 1 spiro atoms. The third-order valence-electron chi connectivity index (χ3n) is 5.87. The van der Waals surface area contributed by atoms with Gasteiger partial charge in [-0.15, -0.1) is 22.7 Å². The highest BCUT2D eigenvalue weighted by Gasteiger charge is 2.47. The van der Waals surface area contributed by atoms with Crippen molar-refractivity contribution in [2.75, 3.05) is 0 Å². The number of thiazole rings is 2. The van der Waals surface area contributed by atoms with E-state index in [2.05, 4.69) is 29.6 Å². The first kappa shape index (κ1) is 21.8. The van der Waals surface area contributed by atoms with Crippen LogP contribution in [0.2, 0.25) is 0 Å². The van der Waals surface area contributed by atoms with Crippen molar-refractivity contribution in [1.82, 2.24) is 9.97 Å². The van der Waals surface area contributed by atoms with Gasteiger partial charge in [-0.1, -0.05) is 52.2 Å². The highest BCUT2D eigenvalue weighted by Crippen LogP contribution is 2.62. The van der Waals surface area contributed by atoms with Crippen molar-refractivity contribution in [2.24, 2.45) is 9.98 Å². The number of nitrogens with zero attached hydrogens (tertiary/aromatic N) is 8. The summed E-state index contributed by atoms with van der Waals surface area (Å²) in [5, 5.41) is 18.9. The fourth-order valence-electron chi connectivity index (χ4n) is 4.49. The topological polar surface area (TPSA) is 116 Å². The number of thiophene rings is 2. The predicted octanol–water partition coefficient (Wildman–Crippen LogP) is 7.19. The van der Waals surface area contributed by atoms with E-state index in [1.54, 1.807) is 23.5 Å². The normalized spacial score (nSPS) is 16.7. The zero-order valence-electron chi connectivity index (χ0n) is 17.7. The summed E-state index contributed by atoms with van der Waals surface area (Å²) in [6.45, 7) is 14.2. The van der Waals surface area contributed by atoms with E-state index >= 15 is 0 Å². The zero-order valence-corrected chi connectivity index (χ0v) is 20.9. The molecule has 9 nitrogen and oxygen atoms in total. The maximum atomic E-state index is 9.08. The lowest BCUT2D eigenvalue weighted by Gasteiger charge is -2.40. The van der Waals surface area contributed by atoms with Crippen LogP contribution in [-0.2, 0) is 5.60 Å². The maximum Gasteiger partial charge on any atom is 0.352 e. The van der Waals surface area contributed by atoms with Crippen LogP contribution < -0.4 is 4.74 Å². The summed E-state index contributed by atoms with van der Waals surface area (Å²) in [6.07, 6.45) is 5.01. The Bertz CT molecular complexity index is 1730. The molecule has 4 aromatic heterocycles. The summed E-state index contributed by atoms with van der Waals surface area (Å²) >= 11 is 5.82. The summed E-state index contributed by atoms with van der Waals surface area (Å²) in [7, 11) is 0. The van der Waals surface area contributed by atoms with Crippen molar-refractivity contribution in [2.45, 2.75) is 37.7 Å². The molecule has 1 aliphatic heterocycles. The Kier molecular flexibility index (Phi) is 5.10. The lowest BCUT2D eigenvalue weighted by Crippen LogP contribution is -2.37. The second kappa shape index (κ2) is 8.20. The van der Waals surface area contributed by atoms with Crippen molar-refractivity contribution >= 4 is 86.3 Å². The molecule has 0 N–H and O–H groups in total. The summed E-state index contributed by atoms with van der Waals surface area (Å²) in [4.78, 5) is 27.4. The van der Waals surface area contributed by atoms with Crippen LogP contribution in [0.25, 0.3) is 38.5 Å². The van der Waals surface area contributed by atoms with E-state index in [-0.39, 0.29) is 11.7 Å². The highest BCUT2D eigenvalue weighted by atomic mass is 32.1. The van der Waals surface area contributed by atoms with E-state index in [9.17, 15) is 0 Å². The molecule has 1 fully saturated rings. The Morgan fingerprint density at radius 1 is 0.857 bits per heavy atom. The number of ether oxygens (including phenoxy) is 1. The van der Waals surface area contributed by atoms with Gasteiger partial charge in [-0.05, 0) is 25.7 Å². The maximum absolute atomic E-state index is 9.08. The molecular weight excluding hydrogens is 521 g/mol. The van der Waals surface area contributed by atoms with Gasteiger partial charge in [-0.3, -0.25) is 0 Å². The Hall–Kier alpha value is -3.72. The van der Waals surface area contributed by atoms with Crippen molar-refractivity contribution in [3.63, 3.8) is 0 Å². The fraction of sp³-hybridized carbons (Fsp3) is 0.273. The number of nitriles is 2. The lowest BCUT2D eigenvalue weighted by molar-refractivity contribution is 0.0282. The van der Waals surface area contributed by atoms with Crippen molar-refractivity contribution in [1.29, 1.82) is 10.5 Å². The van der Waals surface area contributed by atoms with Crippen LogP contribution in [0.3, 0.4) is 0 Å². The quantitative estimate of drug-likeness (QED) is 0.154. The van der Waals surface area contributed by atoms with Crippen LogP contribution in [-0.4, -0.2) is 21.6 Å². The minimum absolute atomic E-state index is 0.230. The molecule has 2 aliphatic rings. The molecular formula is C22H10N8OS4. The molecule has 4 aromatic rings. The fourth-order valence-corrected chi connectivity index (χ4v) is 9.32. The number of aliphatic imine (C=N–C) groups is 2. The lowest BCUT2D eigenvalue weighted by atomic mass is 9.78. The van der Waals surface area contributed by atoms with E-state index in [0.29, 0.717) is 10.3 Å². The van der Waals surface area contributed by atoms with Gasteiger partial charge in [0, 0.05) is 5.56 Å². The molecule has 0 unspecified atom stereocenters. The Labute approximate surface area is 214 Å². The first-order chi connectivity index (χ1) is 17.1. The molecule has 1 saturated carbocycles. The average molecular weight is 531 g/mol. The summed E-state index contributed by atoms with van der Waals surface area (Å²) in [5.41, 5.74) is 0.650. The Morgan fingerprint density at radius 3 is 2.03 bits per heavy atom. The van der Waals surface area contributed by atoms with Gasteiger partial charge in [0.15, 0.2) is 5.75 Å². The van der Waals surface area contributed by atoms with E-state index in [0.717, 1.165) is 72.2 Å². The third kappa shape index (κ3) is 3.33. The van der Waals surface area contributed by atoms with Crippen LogP contribution in [0.1, 0.15) is 37.7 Å². The Balaban J connectivity index is 1.55. The minimum atomic E-state index is -0.486. The van der Waals surface area contributed by atoms with Gasteiger partial charge in [-0.2, -0.15) is 9.97 Å².